The lowest BCUT2D eigenvalue weighted by atomic mass is 10.2. The lowest BCUT2D eigenvalue weighted by molar-refractivity contribution is 0.247. The lowest BCUT2D eigenvalue weighted by Crippen LogP contribution is -2.25. The third-order valence-electron chi connectivity index (χ3n) is 4.14. The highest BCUT2D eigenvalue weighted by atomic mass is 32.1. The number of nitrogens with zero attached hydrogens (tertiary/aromatic N) is 3. The largest absolute Gasteiger partial charge is 0.337 e. The monoisotopic (exact) mass is 343 g/mol. The number of aromatic nitrogens is 2. The van der Waals surface area contributed by atoms with Crippen molar-refractivity contribution in [1.29, 1.82) is 0 Å². The molecule has 5 heteroatoms. The first-order chi connectivity index (χ1) is 11.7. The van der Waals surface area contributed by atoms with Crippen LogP contribution in [0, 0.1) is 12.7 Å². The Morgan fingerprint density at radius 2 is 2.08 bits per heavy atom. The molecule has 0 aliphatic carbocycles. The summed E-state index contributed by atoms with van der Waals surface area (Å²) in [5.41, 5.74) is 2.07. The van der Waals surface area contributed by atoms with Crippen LogP contribution in [-0.2, 0) is 19.6 Å². The number of hydrogen-bond donors (Lipinski definition) is 0. The van der Waals surface area contributed by atoms with Gasteiger partial charge in [0.05, 0.1) is 6.33 Å². The van der Waals surface area contributed by atoms with Crippen molar-refractivity contribution >= 4 is 11.3 Å². The van der Waals surface area contributed by atoms with Crippen LogP contribution in [0.1, 0.15) is 22.4 Å². The van der Waals surface area contributed by atoms with E-state index in [4.69, 9.17) is 0 Å². The summed E-state index contributed by atoms with van der Waals surface area (Å²) in [5.74, 6) is -0.125. The van der Waals surface area contributed by atoms with E-state index < -0.39 is 0 Å². The predicted octanol–water partition coefficient (Wildman–Crippen LogP) is 4.48. The number of thiophene rings is 1. The van der Waals surface area contributed by atoms with Crippen LogP contribution in [-0.4, -0.2) is 21.0 Å². The molecule has 3 aromatic rings. The Morgan fingerprint density at radius 1 is 1.21 bits per heavy atom. The molecule has 0 unspecified atom stereocenters. The summed E-state index contributed by atoms with van der Waals surface area (Å²) >= 11 is 1.77. The topological polar surface area (TPSA) is 21.1 Å². The SMILES string of the molecule is Cc1ccsc1CN(CCCn1ccnc1)Cc1ccccc1F. The Labute approximate surface area is 146 Å². The van der Waals surface area contributed by atoms with Crippen LogP contribution < -0.4 is 0 Å². The summed E-state index contributed by atoms with van der Waals surface area (Å²) in [7, 11) is 0. The Bertz CT molecular complexity index is 752. The molecule has 0 fully saturated rings. The zero-order valence-electron chi connectivity index (χ0n) is 13.9. The zero-order chi connectivity index (χ0) is 16.8. The van der Waals surface area contributed by atoms with Gasteiger partial charge in [0.15, 0.2) is 0 Å². The average molecular weight is 343 g/mol. The standard InChI is InChI=1S/C19H22FN3S/c1-16-7-12-24-19(16)14-23(10-4-9-22-11-8-21-15-22)13-17-5-2-3-6-18(17)20/h2-3,5-8,11-12,15H,4,9-10,13-14H2,1H3. The summed E-state index contributed by atoms with van der Waals surface area (Å²) < 4.78 is 16.1. The van der Waals surface area contributed by atoms with Gasteiger partial charge in [-0.1, -0.05) is 18.2 Å². The van der Waals surface area contributed by atoms with Crippen molar-refractivity contribution in [1.82, 2.24) is 14.5 Å². The number of rotatable bonds is 8. The highest BCUT2D eigenvalue weighted by molar-refractivity contribution is 7.10. The van der Waals surface area contributed by atoms with Gasteiger partial charge in [-0.3, -0.25) is 4.90 Å². The predicted molar refractivity (Wildman–Crippen MR) is 96.4 cm³/mol. The molecule has 0 N–H and O–H groups in total. The minimum absolute atomic E-state index is 0.125. The third-order valence-corrected chi connectivity index (χ3v) is 5.14. The smallest absolute Gasteiger partial charge is 0.127 e. The summed E-state index contributed by atoms with van der Waals surface area (Å²) in [5, 5.41) is 2.12. The van der Waals surface area contributed by atoms with Gasteiger partial charge in [-0.2, -0.15) is 0 Å². The van der Waals surface area contributed by atoms with Gasteiger partial charge in [-0.25, -0.2) is 9.37 Å². The van der Waals surface area contributed by atoms with E-state index in [-0.39, 0.29) is 5.82 Å². The molecule has 0 aliphatic rings. The molecule has 3 rings (SSSR count). The van der Waals surface area contributed by atoms with Crippen LogP contribution in [0.2, 0.25) is 0 Å². The van der Waals surface area contributed by atoms with Crippen LogP contribution >= 0.6 is 11.3 Å². The second-order valence-corrected chi connectivity index (χ2v) is 6.98. The molecular weight excluding hydrogens is 321 g/mol. The molecule has 0 saturated carbocycles. The normalized spacial score (nSPS) is 11.3. The number of imidazole rings is 1. The number of halogens is 1. The van der Waals surface area contributed by atoms with Crippen molar-refractivity contribution in [3.63, 3.8) is 0 Å². The molecule has 0 saturated heterocycles. The van der Waals surface area contributed by atoms with Crippen LogP contribution in [0.4, 0.5) is 4.39 Å². The van der Waals surface area contributed by atoms with Crippen LogP contribution in [0.3, 0.4) is 0 Å². The van der Waals surface area contributed by atoms with Crippen LogP contribution in [0.5, 0.6) is 0 Å². The fraction of sp³-hybridized carbons (Fsp3) is 0.316. The first-order valence-corrected chi connectivity index (χ1v) is 9.05. The van der Waals surface area contributed by atoms with Crippen LogP contribution in [0.25, 0.3) is 0 Å². The molecule has 2 heterocycles. The summed E-state index contributed by atoms with van der Waals surface area (Å²) in [4.78, 5) is 7.76. The molecule has 0 amide bonds. The van der Waals surface area contributed by atoms with Crippen molar-refractivity contribution in [3.8, 4) is 0 Å². The van der Waals surface area contributed by atoms with Gasteiger partial charge in [0.25, 0.3) is 0 Å². The van der Waals surface area contributed by atoms with E-state index in [9.17, 15) is 4.39 Å². The maximum Gasteiger partial charge on any atom is 0.127 e. The average Bonchev–Trinajstić information content (AvgIpc) is 3.22. The second-order valence-electron chi connectivity index (χ2n) is 5.98. The second kappa shape index (κ2) is 8.22. The Morgan fingerprint density at radius 3 is 2.79 bits per heavy atom. The van der Waals surface area contributed by atoms with Gasteiger partial charge in [0.1, 0.15) is 5.82 Å². The van der Waals surface area contributed by atoms with Crippen LogP contribution in [0.15, 0.2) is 54.4 Å². The van der Waals surface area contributed by atoms with Crippen molar-refractivity contribution in [2.24, 2.45) is 0 Å². The molecule has 0 aliphatic heterocycles. The maximum absolute atomic E-state index is 14.0. The molecule has 0 spiro atoms. The Hall–Kier alpha value is -1.98. The van der Waals surface area contributed by atoms with Gasteiger partial charge < -0.3 is 4.57 Å². The lowest BCUT2D eigenvalue weighted by Gasteiger charge is -2.22. The van der Waals surface area contributed by atoms with E-state index in [2.05, 4.69) is 32.8 Å². The van der Waals surface area contributed by atoms with Crippen molar-refractivity contribution in [2.75, 3.05) is 6.54 Å². The number of aryl methyl sites for hydroxylation is 2. The van der Waals surface area contributed by atoms with E-state index >= 15 is 0 Å². The van der Waals surface area contributed by atoms with E-state index in [0.717, 1.165) is 31.6 Å². The van der Waals surface area contributed by atoms with Crippen molar-refractivity contribution < 1.29 is 4.39 Å². The summed E-state index contributed by atoms with van der Waals surface area (Å²) in [6, 6.07) is 9.20. The van der Waals surface area contributed by atoms with Gasteiger partial charge in [-0.05, 0) is 36.4 Å². The fourth-order valence-corrected chi connectivity index (χ4v) is 3.69. The molecule has 126 valence electrons. The molecule has 0 atom stereocenters. The van der Waals surface area contributed by atoms with Crippen molar-refractivity contribution in [3.05, 3.63) is 76.3 Å². The van der Waals surface area contributed by atoms with Gasteiger partial charge in [0.2, 0.25) is 0 Å². The Kier molecular flexibility index (Phi) is 5.77. The van der Waals surface area contributed by atoms with Gasteiger partial charge in [0, 0.05) is 49.0 Å². The summed E-state index contributed by atoms with van der Waals surface area (Å²) in [6.45, 7) is 5.48. The molecule has 24 heavy (non-hydrogen) atoms. The fourth-order valence-electron chi connectivity index (χ4n) is 2.75. The quantitative estimate of drug-likeness (QED) is 0.601. The first-order valence-electron chi connectivity index (χ1n) is 8.17. The van der Waals surface area contributed by atoms with E-state index in [1.807, 2.05) is 24.7 Å². The first kappa shape index (κ1) is 16.9. The molecule has 1 aromatic carbocycles. The van der Waals surface area contributed by atoms with Crippen molar-refractivity contribution in [2.45, 2.75) is 33.0 Å². The van der Waals surface area contributed by atoms with E-state index in [0.29, 0.717) is 6.54 Å². The van der Waals surface area contributed by atoms with Gasteiger partial charge >= 0.3 is 0 Å². The molecule has 0 bridgehead atoms. The maximum atomic E-state index is 14.0. The van der Waals surface area contributed by atoms with E-state index in [1.165, 1.54) is 16.5 Å². The molecule has 2 aromatic heterocycles. The minimum Gasteiger partial charge on any atom is -0.337 e. The zero-order valence-corrected chi connectivity index (χ0v) is 14.7. The van der Waals surface area contributed by atoms with E-state index in [1.54, 1.807) is 23.6 Å². The molecule has 3 nitrogen and oxygen atoms in total. The van der Waals surface area contributed by atoms with Gasteiger partial charge in [-0.15, -0.1) is 11.3 Å². The highest BCUT2D eigenvalue weighted by Gasteiger charge is 2.12. The summed E-state index contributed by atoms with van der Waals surface area (Å²) in [6.07, 6.45) is 6.62. The molecular formula is C19H22FN3S. The number of hydrogen-bond acceptors (Lipinski definition) is 3. The Balaban J connectivity index is 1.65. The number of benzene rings is 1. The molecule has 0 radical (unpaired) electrons. The highest BCUT2D eigenvalue weighted by Crippen LogP contribution is 2.20. The third kappa shape index (κ3) is 4.52. The minimum atomic E-state index is -0.125.